The number of carbonyl (C=O) groups is 1. The Labute approximate surface area is 135 Å². The summed E-state index contributed by atoms with van der Waals surface area (Å²) in [5.74, 6) is -0.656. The Morgan fingerprint density at radius 3 is 2.77 bits per heavy atom. The number of halogens is 1. The first-order chi connectivity index (χ1) is 10.3. The van der Waals surface area contributed by atoms with Crippen LogP contribution < -0.4 is 0 Å². The van der Waals surface area contributed by atoms with E-state index in [4.69, 9.17) is 21.1 Å². The van der Waals surface area contributed by atoms with Crippen molar-refractivity contribution in [2.24, 2.45) is 0 Å². The maximum Gasteiger partial charge on any atom is 0.339 e. The standard InChI is InChI=1S/C14H18ClNO5S/c1-16(2)22(18,19)11-5-6-13(15)12(8-11)14(17)21-9-10-4-3-7-20-10/h5-6,8,10H,3-4,7,9H2,1-2H3/t10-/m1/s1. The summed E-state index contributed by atoms with van der Waals surface area (Å²) in [5, 5.41) is 0.148. The van der Waals surface area contributed by atoms with E-state index in [1.54, 1.807) is 0 Å². The Balaban J connectivity index is 2.17. The molecular weight excluding hydrogens is 330 g/mol. The van der Waals surface area contributed by atoms with Crippen LogP contribution >= 0.6 is 11.6 Å². The Kier molecular flexibility index (Phi) is 5.44. The van der Waals surface area contributed by atoms with Gasteiger partial charge in [0, 0.05) is 20.7 Å². The molecule has 0 spiro atoms. The van der Waals surface area contributed by atoms with E-state index in [-0.39, 0.29) is 28.2 Å². The molecule has 0 aromatic heterocycles. The van der Waals surface area contributed by atoms with Crippen molar-refractivity contribution >= 4 is 27.6 Å². The zero-order valence-corrected chi connectivity index (χ0v) is 14.0. The highest BCUT2D eigenvalue weighted by atomic mass is 35.5. The van der Waals surface area contributed by atoms with Gasteiger partial charge in [-0.2, -0.15) is 0 Å². The molecule has 0 N–H and O–H groups in total. The van der Waals surface area contributed by atoms with Crippen LogP contribution in [0.5, 0.6) is 0 Å². The molecule has 1 aliphatic heterocycles. The molecule has 1 aromatic rings. The van der Waals surface area contributed by atoms with Gasteiger partial charge in [-0.05, 0) is 31.0 Å². The fraction of sp³-hybridized carbons (Fsp3) is 0.500. The van der Waals surface area contributed by atoms with Crippen LogP contribution in [0.25, 0.3) is 0 Å². The highest BCUT2D eigenvalue weighted by molar-refractivity contribution is 7.89. The van der Waals surface area contributed by atoms with Crippen molar-refractivity contribution in [3.05, 3.63) is 28.8 Å². The SMILES string of the molecule is CN(C)S(=O)(=O)c1ccc(Cl)c(C(=O)OC[C@H]2CCCO2)c1. The molecule has 0 aliphatic carbocycles. The molecule has 1 saturated heterocycles. The molecule has 0 saturated carbocycles. The summed E-state index contributed by atoms with van der Waals surface area (Å²) in [6.45, 7) is 0.805. The molecule has 8 heteroatoms. The van der Waals surface area contributed by atoms with Crippen molar-refractivity contribution in [3.8, 4) is 0 Å². The topological polar surface area (TPSA) is 72.9 Å². The zero-order chi connectivity index (χ0) is 16.3. The number of hydrogen-bond donors (Lipinski definition) is 0. The van der Waals surface area contributed by atoms with E-state index in [0.29, 0.717) is 6.61 Å². The maximum absolute atomic E-state index is 12.1. The quantitative estimate of drug-likeness (QED) is 0.761. The molecule has 122 valence electrons. The van der Waals surface area contributed by atoms with Crippen LogP contribution in [0, 0.1) is 0 Å². The third-order valence-electron chi connectivity index (χ3n) is 3.36. The highest BCUT2D eigenvalue weighted by Gasteiger charge is 2.23. The minimum atomic E-state index is -3.64. The number of benzene rings is 1. The molecule has 6 nitrogen and oxygen atoms in total. The van der Waals surface area contributed by atoms with E-state index in [2.05, 4.69) is 0 Å². The van der Waals surface area contributed by atoms with Gasteiger partial charge in [0.1, 0.15) is 6.61 Å². The summed E-state index contributed by atoms with van der Waals surface area (Å²) in [6, 6.07) is 3.96. The zero-order valence-electron chi connectivity index (χ0n) is 12.4. The monoisotopic (exact) mass is 347 g/mol. The molecule has 1 aliphatic rings. The molecule has 0 bridgehead atoms. The molecule has 0 amide bonds. The van der Waals surface area contributed by atoms with Gasteiger partial charge in [0.15, 0.2) is 0 Å². The van der Waals surface area contributed by atoms with Gasteiger partial charge in [0.05, 0.1) is 21.6 Å². The van der Waals surface area contributed by atoms with Gasteiger partial charge in [0.2, 0.25) is 10.0 Å². The highest BCUT2D eigenvalue weighted by Crippen LogP contribution is 2.23. The number of rotatable bonds is 5. The lowest BCUT2D eigenvalue weighted by Crippen LogP contribution is -2.23. The van der Waals surface area contributed by atoms with Gasteiger partial charge in [-0.1, -0.05) is 11.6 Å². The van der Waals surface area contributed by atoms with Crippen LogP contribution in [0.1, 0.15) is 23.2 Å². The first-order valence-electron chi connectivity index (χ1n) is 6.83. The molecule has 22 heavy (non-hydrogen) atoms. The Morgan fingerprint density at radius 2 is 2.18 bits per heavy atom. The van der Waals surface area contributed by atoms with Crippen molar-refractivity contribution in [1.29, 1.82) is 0 Å². The van der Waals surface area contributed by atoms with Crippen molar-refractivity contribution in [2.45, 2.75) is 23.8 Å². The van der Waals surface area contributed by atoms with Gasteiger partial charge in [-0.15, -0.1) is 0 Å². The van der Waals surface area contributed by atoms with Gasteiger partial charge < -0.3 is 9.47 Å². The number of hydrogen-bond acceptors (Lipinski definition) is 5. The van der Waals surface area contributed by atoms with E-state index in [1.165, 1.54) is 32.3 Å². The largest absolute Gasteiger partial charge is 0.459 e. The molecule has 1 atom stereocenters. The predicted octanol–water partition coefficient (Wildman–Crippen LogP) is 1.93. The molecule has 2 rings (SSSR count). The Hall–Kier alpha value is -1.15. The fourth-order valence-corrected chi connectivity index (χ4v) is 3.18. The van der Waals surface area contributed by atoms with Crippen LogP contribution in [-0.4, -0.2) is 52.1 Å². The second kappa shape index (κ2) is 6.95. The third-order valence-corrected chi connectivity index (χ3v) is 5.50. The average molecular weight is 348 g/mol. The van der Waals surface area contributed by atoms with E-state index in [1.807, 2.05) is 0 Å². The normalized spacial score (nSPS) is 18.6. The summed E-state index contributed by atoms with van der Waals surface area (Å²) in [6.07, 6.45) is 1.69. The summed E-state index contributed by atoms with van der Waals surface area (Å²) < 4.78 is 35.8. The lowest BCUT2D eigenvalue weighted by molar-refractivity contribution is 0.0161. The second-order valence-corrected chi connectivity index (χ2v) is 7.72. The molecule has 0 radical (unpaired) electrons. The average Bonchev–Trinajstić information content (AvgIpc) is 2.98. The van der Waals surface area contributed by atoms with Crippen LogP contribution in [0.3, 0.4) is 0 Å². The summed E-state index contributed by atoms with van der Waals surface area (Å²) >= 11 is 5.98. The van der Waals surface area contributed by atoms with Gasteiger partial charge in [-0.3, -0.25) is 0 Å². The van der Waals surface area contributed by atoms with E-state index in [9.17, 15) is 13.2 Å². The van der Waals surface area contributed by atoms with Crippen LogP contribution in [0.15, 0.2) is 23.1 Å². The van der Waals surface area contributed by atoms with E-state index >= 15 is 0 Å². The maximum atomic E-state index is 12.1. The molecule has 1 fully saturated rings. The second-order valence-electron chi connectivity index (χ2n) is 5.16. The van der Waals surface area contributed by atoms with Crippen LogP contribution in [-0.2, 0) is 19.5 Å². The number of esters is 1. The minimum absolute atomic E-state index is 0.00836. The lowest BCUT2D eigenvalue weighted by Gasteiger charge is -2.14. The van der Waals surface area contributed by atoms with Crippen molar-refractivity contribution in [2.75, 3.05) is 27.3 Å². The molecule has 1 heterocycles. The predicted molar refractivity (Wildman–Crippen MR) is 81.6 cm³/mol. The van der Waals surface area contributed by atoms with Crippen molar-refractivity contribution in [1.82, 2.24) is 4.31 Å². The lowest BCUT2D eigenvalue weighted by atomic mass is 10.2. The Bertz CT molecular complexity index is 653. The fourth-order valence-electron chi connectivity index (χ4n) is 2.05. The number of nitrogens with zero attached hydrogens (tertiary/aromatic N) is 1. The van der Waals surface area contributed by atoms with Gasteiger partial charge >= 0.3 is 5.97 Å². The summed E-state index contributed by atoms with van der Waals surface area (Å²) in [4.78, 5) is 12.1. The van der Waals surface area contributed by atoms with Crippen LogP contribution in [0.4, 0.5) is 0 Å². The first-order valence-corrected chi connectivity index (χ1v) is 8.65. The van der Waals surface area contributed by atoms with Gasteiger partial charge in [-0.25, -0.2) is 17.5 Å². The summed E-state index contributed by atoms with van der Waals surface area (Å²) in [5.41, 5.74) is 0.0302. The number of sulfonamides is 1. The molecule has 1 aromatic carbocycles. The minimum Gasteiger partial charge on any atom is -0.459 e. The van der Waals surface area contributed by atoms with Crippen LogP contribution in [0.2, 0.25) is 5.02 Å². The Morgan fingerprint density at radius 1 is 1.45 bits per heavy atom. The number of ether oxygens (including phenoxy) is 2. The van der Waals surface area contributed by atoms with Gasteiger partial charge in [0.25, 0.3) is 0 Å². The van der Waals surface area contributed by atoms with Crippen molar-refractivity contribution < 1.29 is 22.7 Å². The summed E-state index contributed by atoms with van der Waals surface area (Å²) in [7, 11) is -0.806. The van der Waals surface area contributed by atoms with E-state index < -0.39 is 16.0 Å². The van der Waals surface area contributed by atoms with Crippen molar-refractivity contribution in [3.63, 3.8) is 0 Å². The van der Waals surface area contributed by atoms with E-state index in [0.717, 1.165) is 17.1 Å². The third kappa shape index (κ3) is 3.78. The first kappa shape index (κ1) is 17.2. The molecular formula is C14H18ClNO5S. The molecule has 0 unspecified atom stereocenters. The number of carbonyl (C=O) groups excluding carboxylic acids is 1. The smallest absolute Gasteiger partial charge is 0.339 e.